The van der Waals surface area contributed by atoms with Crippen molar-refractivity contribution >= 4 is 17.5 Å². The summed E-state index contributed by atoms with van der Waals surface area (Å²) in [6.07, 6.45) is 0. The van der Waals surface area contributed by atoms with Gasteiger partial charge in [0.2, 0.25) is 0 Å². The van der Waals surface area contributed by atoms with E-state index in [4.69, 9.17) is 4.74 Å². The van der Waals surface area contributed by atoms with Crippen LogP contribution in [0, 0.1) is 0 Å². The van der Waals surface area contributed by atoms with E-state index in [1.54, 1.807) is 37.4 Å². The molecule has 0 aliphatic rings. The van der Waals surface area contributed by atoms with Crippen molar-refractivity contribution in [2.45, 2.75) is 6.54 Å². The number of ether oxygens (including phenoxy) is 1. The van der Waals surface area contributed by atoms with Crippen LogP contribution in [-0.4, -0.2) is 30.3 Å². The van der Waals surface area contributed by atoms with E-state index in [2.05, 4.69) is 27.6 Å². The van der Waals surface area contributed by atoms with Crippen LogP contribution in [0.4, 0.5) is 11.6 Å². The number of nitrogens with zero attached hydrogens (tertiary/aromatic N) is 3. The van der Waals surface area contributed by atoms with Crippen LogP contribution in [-0.2, 0) is 6.54 Å². The maximum atomic E-state index is 12.3. The Bertz CT molecular complexity index is 866. The lowest BCUT2D eigenvalue weighted by Crippen LogP contribution is -2.19. The fraction of sp³-hybridized carbons (Fsp3) is 0.150. The highest BCUT2D eigenvalue weighted by atomic mass is 16.5. The first-order valence-electron chi connectivity index (χ1n) is 8.20. The van der Waals surface area contributed by atoms with Crippen LogP contribution in [0.5, 0.6) is 5.75 Å². The Morgan fingerprint density at radius 3 is 2.54 bits per heavy atom. The Labute approximate surface area is 152 Å². The molecule has 0 saturated heterocycles. The highest BCUT2D eigenvalue weighted by Gasteiger charge is 2.09. The van der Waals surface area contributed by atoms with Crippen molar-refractivity contribution in [2.24, 2.45) is 0 Å². The van der Waals surface area contributed by atoms with E-state index in [0.29, 0.717) is 17.1 Å². The molecule has 0 aliphatic carbocycles. The molecule has 0 bridgehead atoms. The molecule has 0 spiro atoms. The molecule has 0 fully saturated rings. The van der Waals surface area contributed by atoms with Crippen LogP contribution in [0.3, 0.4) is 0 Å². The fourth-order valence-corrected chi connectivity index (χ4v) is 2.49. The highest BCUT2D eigenvalue weighted by molar-refractivity contribution is 6.03. The highest BCUT2D eigenvalue weighted by Crippen LogP contribution is 2.16. The van der Waals surface area contributed by atoms with Gasteiger partial charge in [0.1, 0.15) is 5.75 Å². The number of benzene rings is 2. The third-order valence-electron chi connectivity index (χ3n) is 3.88. The topological polar surface area (TPSA) is 67.3 Å². The first kappa shape index (κ1) is 17.4. The fourth-order valence-electron chi connectivity index (χ4n) is 2.49. The van der Waals surface area contributed by atoms with Crippen molar-refractivity contribution in [1.29, 1.82) is 0 Å². The van der Waals surface area contributed by atoms with Gasteiger partial charge in [0.25, 0.3) is 5.91 Å². The van der Waals surface area contributed by atoms with E-state index < -0.39 is 0 Å². The first-order chi connectivity index (χ1) is 12.7. The van der Waals surface area contributed by atoms with Crippen molar-refractivity contribution in [1.82, 2.24) is 10.2 Å². The molecule has 3 aromatic rings. The normalized spacial score (nSPS) is 10.2. The van der Waals surface area contributed by atoms with Gasteiger partial charge in [0.15, 0.2) is 11.6 Å². The summed E-state index contributed by atoms with van der Waals surface area (Å²) in [7, 11) is 3.51. The number of amides is 1. The van der Waals surface area contributed by atoms with Crippen LogP contribution in [0.1, 0.15) is 15.9 Å². The molecule has 0 atom stereocenters. The lowest BCUT2D eigenvalue weighted by Gasteiger charge is -2.17. The quantitative estimate of drug-likeness (QED) is 0.740. The molecule has 1 heterocycles. The van der Waals surface area contributed by atoms with Gasteiger partial charge in [-0.05, 0) is 35.9 Å². The summed E-state index contributed by atoms with van der Waals surface area (Å²) in [5, 5.41) is 11.0. The second kappa shape index (κ2) is 8.11. The number of hydrogen-bond acceptors (Lipinski definition) is 5. The zero-order valence-corrected chi connectivity index (χ0v) is 14.7. The van der Waals surface area contributed by atoms with Gasteiger partial charge in [0, 0.05) is 19.2 Å². The molecule has 3 rings (SSSR count). The summed E-state index contributed by atoms with van der Waals surface area (Å²) >= 11 is 0. The number of anilines is 2. The second-order valence-electron chi connectivity index (χ2n) is 5.80. The van der Waals surface area contributed by atoms with Crippen molar-refractivity contribution in [3.63, 3.8) is 0 Å². The van der Waals surface area contributed by atoms with Gasteiger partial charge in [-0.1, -0.05) is 36.4 Å². The molecule has 1 aromatic heterocycles. The molecule has 0 unspecified atom stereocenters. The van der Waals surface area contributed by atoms with Crippen molar-refractivity contribution in [3.8, 4) is 5.75 Å². The molecule has 0 aliphatic heterocycles. The summed E-state index contributed by atoms with van der Waals surface area (Å²) in [4.78, 5) is 14.3. The Balaban J connectivity index is 1.64. The Hall–Kier alpha value is -3.41. The zero-order valence-electron chi connectivity index (χ0n) is 14.7. The van der Waals surface area contributed by atoms with Gasteiger partial charge in [-0.25, -0.2) is 0 Å². The molecule has 0 saturated carbocycles. The van der Waals surface area contributed by atoms with Crippen molar-refractivity contribution in [3.05, 3.63) is 77.9 Å². The van der Waals surface area contributed by atoms with Crippen LogP contribution < -0.4 is 15.0 Å². The van der Waals surface area contributed by atoms with Gasteiger partial charge in [-0.2, -0.15) is 0 Å². The smallest absolute Gasteiger partial charge is 0.256 e. The SMILES string of the molecule is COc1cccc(C(=O)Nc2ccc(N(C)Cc3ccccc3)nn2)c1. The van der Waals surface area contributed by atoms with Crippen LogP contribution in [0.15, 0.2) is 66.7 Å². The number of methoxy groups -OCH3 is 1. The number of carbonyl (C=O) groups is 1. The van der Waals surface area contributed by atoms with E-state index >= 15 is 0 Å². The van der Waals surface area contributed by atoms with Crippen LogP contribution >= 0.6 is 0 Å². The number of hydrogen-bond donors (Lipinski definition) is 1. The van der Waals surface area contributed by atoms with E-state index in [1.807, 2.05) is 36.2 Å². The third kappa shape index (κ3) is 4.36. The van der Waals surface area contributed by atoms with Crippen LogP contribution in [0.2, 0.25) is 0 Å². The molecular formula is C20H20N4O2. The van der Waals surface area contributed by atoms with Gasteiger partial charge >= 0.3 is 0 Å². The standard InChI is InChI=1S/C20H20N4O2/c1-24(14-15-7-4-3-5-8-15)19-12-11-18(22-23-19)21-20(25)16-9-6-10-17(13-16)26-2/h3-13H,14H2,1-2H3,(H,21,22,25). The van der Waals surface area contributed by atoms with Gasteiger partial charge in [-0.15, -0.1) is 10.2 Å². The van der Waals surface area contributed by atoms with Gasteiger partial charge in [0.05, 0.1) is 7.11 Å². The largest absolute Gasteiger partial charge is 0.497 e. The third-order valence-corrected chi connectivity index (χ3v) is 3.88. The number of aromatic nitrogens is 2. The molecule has 1 N–H and O–H groups in total. The van der Waals surface area contributed by atoms with Gasteiger partial charge in [-0.3, -0.25) is 4.79 Å². The van der Waals surface area contributed by atoms with E-state index in [9.17, 15) is 4.79 Å². The summed E-state index contributed by atoms with van der Waals surface area (Å²) < 4.78 is 5.13. The Kier molecular flexibility index (Phi) is 5.43. The van der Waals surface area contributed by atoms with E-state index in [0.717, 1.165) is 12.4 Å². The predicted octanol–water partition coefficient (Wildman–Crippen LogP) is 3.37. The maximum Gasteiger partial charge on any atom is 0.256 e. The molecule has 0 radical (unpaired) electrons. The van der Waals surface area contributed by atoms with E-state index in [1.165, 1.54) is 5.56 Å². The molecule has 132 valence electrons. The van der Waals surface area contributed by atoms with Crippen molar-refractivity contribution in [2.75, 3.05) is 24.4 Å². The molecular weight excluding hydrogens is 328 g/mol. The van der Waals surface area contributed by atoms with E-state index in [-0.39, 0.29) is 5.91 Å². The summed E-state index contributed by atoms with van der Waals surface area (Å²) in [5.41, 5.74) is 1.68. The molecule has 26 heavy (non-hydrogen) atoms. The number of rotatable bonds is 6. The lowest BCUT2D eigenvalue weighted by molar-refractivity contribution is 0.102. The predicted molar refractivity (Wildman–Crippen MR) is 102 cm³/mol. The Morgan fingerprint density at radius 1 is 1.04 bits per heavy atom. The Morgan fingerprint density at radius 2 is 1.85 bits per heavy atom. The maximum absolute atomic E-state index is 12.3. The minimum atomic E-state index is -0.261. The van der Waals surface area contributed by atoms with Gasteiger partial charge < -0.3 is 15.0 Å². The van der Waals surface area contributed by atoms with Crippen LogP contribution in [0.25, 0.3) is 0 Å². The summed E-state index contributed by atoms with van der Waals surface area (Å²) in [6.45, 7) is 0.727. The molecule has 1 amide bonds. The molecule has 6 heteroatoms. The van der Waals surface area contributed by atoms with Crippen molar-refractivity contribution < 1.29 is 9.53 Å². The number of nitrogens with one attached hydrogen (secondary N) is 1. The summed E-state index contributed by atoms with van der Waals surface area (Å²) in [5.74, 6) is 1.49. The minimum Gasteiger partial charge on any atom is -0.497 e. The average Bonchev–Trinajstić information content (AvgIpc) is 2.69. The first-order valence-corrected chi connectivity index (χ1v) is 8.20. The zero-order chi connectivity index (χ0) is 18.4. The monoisotopic (exact) mass is 348 g/mol. The lowest BCUT2D eigenvalue weighted by atomic mass is 10.2. The molecule has 2 aromatic carbocycles. The number of carbonyl (C=O) groups excluding carboxylic acids is 1. The molecule has 6 nitrogen and oxygen atoms in total. The average molecular weight is 348 g/mol. The summed E-state index contributed by atoms with van der Waals surface area (Å²) in [6, 6.07) is 20.6. The minimum absolute atomic E-state index is 0.261. The second-order valence-corrected chi connectivity index (χ2v) is 5.80.